The Labute approximate surface area is 175 Å². The molecule has 2 aromatic carbocycles. The Bertz CT molecular complexity index is 1310. The average molecular weight is 443 g/mol. The van der Waals surface area contributed by atoms with Gasteiger partial charge in [0, 0.05) is 39.1 Å². The summed E-state index contributed by atoms with van der Waals surface area (Å²) in [4.78, 5) is 16.4. The number of aromatic nitrogens is 3. The molecule has 3 heterocycles. The fourth-order valence-corrected chi connectivity index (χ4v) is 3.76. The van der Waals surface area contributed by atoms with Crippen molar-refractivity contribution in [3.8, 4) is 0 Å². The summed E-state index contributed by atoms with van der Waals surface area (Å²) < 4.78 is 0.938. The first-order chi connectivity index (χ1) is 14.2. The Hall–Kier alpha value is -3.51. The fourth-order valence-electron chi connectivity index (χ4n) is 3.40. The van der Waals surface area contributed by atoms with Crippen LogP contribution in [-0.2, 0) is 4.79 Å². The highest BCUT2D eigenvalue weighted by molar-refractivity contribution is 9.10. The van der Waals surface area contributed by atoms with E-state index in [4.69, 9.17) is 0 Å². The van der Waals surface area contributed by atoms with E-state index in [1.807, 2.05) is 66.8 Å². The third-order valence-corrected chi connectivity index (χ3v) is 5.33. The van der Waals surface area contributed by atoms with Gasteiger partial charge in [0.1, 0.15) is 0 Å². The van der Waals surface area contributed by atoms with Crippen LogP contribution in [0.2, 0.25) is 0 Å². The van der Waals surface area contributed by atoms with Crippen LogP contribution in [-0.4, -0.2) is 21.1 Å². The number of hydrogen-bond acceptors (Lipinski definition) is 3. The van der Waals surface area contributed by atoms with E-state index in [1.165, 1.54) is 0 Å². The smallest absolute Gasteiger partial charge is 0.256 e. The van der Waals surface area contributed by atoms with E-state index in [1.54, 1.807) is 12.4 Å². The summed E-state index contributed by atoms with van der Waals surface area (Å²) in [6.45, 7) is 0. The van der Waals surface area contributed by atoms with Gasteiger partial charge in [-0.2, -0.15) is 5.10 Å². The van der Waals surface area contributed by atoms with Crippen molar-refractivity contribution in [3.05, 3.63) is 87.8 Å². The van der Waals surface area contributed by atoms with E-state index in [0.717, 1.165) is 43.4 Å². The molecule has 0 spiro atoms. The third-order valence-electron chi connectivity index (χ3n) is 4.83. The number of anilines is 1. The molecule has 6 heteroatoms. The second-order valence-electron chi connectivity index (χ2n) is 6.73. The monoisotopic (exact) mass is 442 g/mol. The van der Waals surface area contributed by atoms with Gasteiger partial charge in [-0.15, -0.1) is 0 Å². The lowest BCUT2D eigenvalue weighted by molar-refractivity contribution is -0.110. The van der Waals surface area contributed by atoms with Crippen LogP contribution in [0.1, 0.15) is 22.4 Å². The molecule has 1 amide bonds. The van der Waals surface area contributed by atoms with E-state index >= 15 is 0 Å². The van der Waals surface area contributed by atoms with Crippen LogP contribution < -0.4 is 5.32 Å². The first kappa shape index (κ1) is 17.6. The minimum absolute atomic E-state index is 0.0937. The van der Waals surface area contributed by atoms with Gasteiger partial charge in [-0.3, -0.25) is 14.9 Å². The maximum absolute atomic E-state index is 12.4. The summed E-state index contributed by atoms with van der Waals surface area (Å²) in [7, 11) is 0. The van der Waals surface area contributed by atoms with Crippen LogP contribution in [0.25, 0.3) is 34.7 Å². The summed E-state index contributed by atoms with van der Waals surface area (Å²) in [5.74, 6) is -0.0937. The zero-order valence-corrected chi connectivity index (χ0v) is 16.8. The molecular weight excluding hydrogens is 428 g/mol. The van der Waals surface area contributed by atoms with Crippen molar-refractivity contribution >= 4 is 62.2 Å². The quantitative estimate of drug-likeness (QED) is 0.418. The Kier molecular flexibility index (Phi) is 4.33. The standard InChI is InChI=1S/C23H15BrN4O/c24-16-3-6-20-18(13-16)19(23(29)26-20)11-15-1-4-17-21(27-28-22(17)12-15)5-2-14-7-9-25-10-8-14/h1-13H,(H,26,29)(H,27,28)/b5-2+,19-11?. The van der Waals surface area contributed by atoms with Crippen LogP contribution in [0.3, 0.4) is 0 Å². The van der Waals surface area contributed by atoms with Crippen LogP contribution in [0, 0.1) is 0 Å². The number of pyridine rings is 1. The summed E-state index contributed by atoms with van der Waals surface area (Å²) >= 11 is 3.48. The molecule has 0 aliphatic carbocycles. The lowest BCUT2D eigenvalue weighted by atomic mass is 10.0. The molecule has 1 aliphatic rings. The van der Waals surface area contributed by atoms with Crippen LogP contribution >= 0.6 is 15.9 Å². The van der Waals surface area contributed by atoms with Gasteiger partial charge in [0.05, 0.1) is 11.2 Å². The number of nitrogens with zero attached hydrogens (tertiary/aromatic N) is 2. The highest BCUT2D eigenvalue weighted by atomic mass is 79.9. The second-order valence-corrected chi connectivity index (χ2v) is 7.65. The number of hydrogen-bond donors (Lipinski definition) is 2. The molecule has 0 saturated heterocycles. The number of rotatable bonds is 3. The second kappa shape index (κ2) is 7.14. The highest BCUT2D eigenvalue weighted by Gasteiger charge is 2.24. The number of carbonyl (C=O) groups excluding carboxylic acids is 1. The van der Waals surface area contributed by atoms with Crippen LogP contribution in [0.4, 0.5) is 5.69 Å². The number of halogens is 1. The SMILES string of the molecule is O=C1Nc2ccc(Br)cc2C1=Cc1ccc2c(/C=C/c3ccncc3)n[nH]c2c1. The van der Waals surface area contributed by atoms with Crippen molar-refractivity contribution in [3.63, 3.8) is 0 Å². The number of benzene rings is 2. The largest absolute Gasteiger partial charge is 0.321 e. The summed E-state index contributed by atoms with van der Waals surface area (Å²) in [5, 5.41) is 11.4. The molecule has 2 aromatic heterocycles. The molecule has 0 fully saturated rings. The number of nitrogens with one attached hydrogen (secondary N) is 2. The van der Waals surface area contributed by atoms with Crippen molar-refractivity contribution < 1.29 is 4.79 Å². The summed E-state index contributed by atoms with van der Waals surface area (Å²) in [6.07, 6.45) is 9.41. The lowest BCUT2D eigenvalue weighted by Gasteiger charge is -2.00. The van der Waals surface area contributed by atoms with E-state index < -0.39 is 0 Å². The van der Waals surface area contributed by atoms with Crippen molar-refractivity contribution in [2.45, 2.75) is 0 Å². The molecule has 0 saturated carbocycles. The average Bonchev–Trinajstić information content (AvgIpc) is 3.28. The minimum Gasteiger partial charge on any atom is -0.321 e. The molecule has 5 rings (SSSR count). The Morgan fingerprint density at radius 3 is 2.66 bits per heavy atom. The number of amides is 1. The molecule has 140 valence electrons. The maximum atomic E-state index is 12.4. The van der Waals surface area contributed by atoms with Gasteiger partial charge in [-0.1, -0.05) is 28.1 Å². The summed E-state index contributed by atoms with van der Waals surface area (Å²) in [6, 6.07) is 15.7. The van der Waals surface area contributed by atoms with Gasteiger partial charge in [-0.25, -0.2) is 0 Å². The molecule has 5 nitrogen and oxygen atoms in total. The Balaban J connectivity index is 1.49. The van der Waals surface area contributed by atoms with Gasteiger partial charge >= 0.3 is 0 Å². The van der Waals surface area contributed by atoms with Gasteiger partial charge in [-0.05, 0) is 65.7 Å². The zero-order valence-electron chi connectivity index (χ0n) is 15.2. The predicted molar refractivity (Wildman–Crippen MR) is 120 cm³/mol. The molecule has 0 unspecified atom stereocenters. The molecule has 0 atom stereocenters. The first-order valence-corrected chi connectivity index (χ1v) is 9.86. The zero-order chi connectivity index (χ0) is 19.8. The molecule has 1 aliphatic heterocycles. The Morgan fingerprint density at radius 1 is 0.931 bits per heavy atom. The number of carbonyl (C=O) groups is 1. The van der Waals surface area contributed by atoms with Gasteiger partial charge in [0.15, 0.2) is 0 Å². The summed E-state index contributed by atoms with van der Waals surface area (Å²) in [5.41, 5.74) is 6.16. The number of fused-ring (bicyclic) bond motifs is 2. The third kappa shape index (κ3) is 3.39. The highest BCUT2D eigenvalue weighted by Crippen LogP contribution is 2.35. The molecule has 2 N–H and O–H groups in total. The first-order valence-electron chi connectivity index (χ1n) is 9.06. The van der Waals surface area contributed by atoms with Crippen LogP contribution in [0.15, 0.2) is 65.4 Å². The van der Waals surface area contributed by atoms with Crippen molar-refractivity contribution in [2.24, 2.45) is 0 Å². The van der Waals surface area contributed by atoms with E-state index in [0.29, 0.717) is 5.57 Å². The van der Waals surface area contributed by atoms with E-state index in [2.05, 4.69) is 36.4 Å². The van der Waals surface area contributed by atoms with Crippen molar-refractivity contribution in [1.29, 1.82) is 0 Å². The topological polar surface area (TPSA) is 70.7 Å². The van der Waals surface area contributed by atoms with Crippen molar-refractivity contribution in [2.75, 3.05) is 5.32 Å². The molecule has 0 radical (unpaired) electrons. The minimum atomic E-state index is -0.0937. The van der Waals surface area contributed by atoms with Gasteiger partial charge in [0.2, 0.25) is 0 Å². The molecule has 4 aromatic rings. The number of H-pyrrole nitrogens is 1. The van der Waals surface area contributed by atoms with E-state index in [9.17, 15) is 4.79 Å². The van der Waals surface area contributed by atoms with Crippen molar-refractivity contribution in [1.82, 2.24) is 15.2 Å². The molecule has 29 heavy (non-hydrogen) atoms. The van der Waals surface area contributed by atoms with Gasteiger partial charge < -0.3 is 5.32 Å². The van der Waals surface area contributed by atoms with Gasteiger partial charge in [0.25, 0.3) is 5.91 Å². The fraction of sp³-hybridized carbons (Fsp3) is 0. The lowest BCUT2D eigenvalue weighted by Crippen LogP contribution is -2.03. The molecular formula is C23H15BrN4O. The molecule has 0 bridgehead atoms. The Morgan fingerprint density at radius 2 is 1.79 bits per heavy atom. The van der Waals surface area contributed by atoms with Crippen LogP contribution in [0.5, 0.6) is 0 Å². The van der Waals surface area contributed by atoms with E-state index in [-0.39, 0.29) is 5.91 Å². The number of aromatic amines is 1. The predicted octanol–water partition coefficient (Wildman–Crippen LogP) is 5.38. The maximum Gasteiger partial charge on any atom is 0.256 e. The normalized spacial score (nSPS) is 14.7.